The number of carbonyl (C=O) groups excluding carboxylic acids is 1. The van der Waals surface area contributed by atoms with E-state index in [-0.39, 0.29) is 17.9 Å². The van der Waals surface area contributed by atoms with Gasteiger partial charge in [0.15, 0.2) is 6.61 Å². The van der Waals surface area contributed by atoms with Crippen LogP contribution in [0.2, 0.25) is 0 Å². The Bertz CT molecular complexity index is 912. The third kappa shape index (κ3) is 4.05. The lowest BCUT2D eigenvalue weighted by atomic mass is 9.82. The van der Waals surface area contributed by atoms with Gasteiger partial charge in [0.1, 0.15) is 5.75 Å². The quantitative estimate of drug-likeness (QED) is 0.768. The Morgan fingerprint density at radius 1 is 1.17 bits per heavy atom. The Hall–Kier alpha value is -2.86. The van der Waals surface area contributed by atoms with E-state index < -0.39 is 12.6 Å². The van der Waals surface area contributed by atoms with Crippen molar-refractivity contribution in [1.82, 2.24) is 10.2 Å². The Labute approximate surface area is 176 Å². The number of aryl methyl sites for hydroxylation is 1. The molecular weight excluding hydrogens is 380 g/mol. The molecular formula is C24H28N2O4. The van der Waals surface area contributed by atoms with Crippen LogP contribution < -0.4 is 10.1 Å². The van der Waals surface area contributed by atoms with E-state index in [1.807, 2.05) is 4.90 Å². The number of nitrogens with one attached hydrogen (secondary N) is 1. The number of aliphatic carboxylic acids is 1. The molecule has 0 unspecified atom stereocenters. The highest BCUT2D eigenvalue weighted by Gasteiger charge is 2.45. The van der Waals surface area contributed by atoms with Crippen LogP contribution in [0.4, 0.5) is 0 Å². The van der Waals surface area contributed by atoms with E-state index in [0.717, 1.165) is 25.9 Å². The molecule has 0 bridgehead atoms. The van der Waals surface area contributed by atoms with Crippen LogP contribution in [0.3, 0.4) is 0 Å². The Morgan fingerprint density at radius 2 is 1.93 bits per heavy atom. The summed E-state index contributed by atoms with van der Waals surface area (Å²) >= 11 is 0. The second-order valence-electron chi connectivity index (χ2n) is 8.06. The van der Waals surface area contributed by atoms with E-state index >= 15 is 0 Å². The van der Waals surface area contributed by atoms with Gasteiger partial charge in [-0.05, 0) is 42.6 Å². The minimum absolute atomic E-state index is 0.0828. The third-order valence-electron chi connectivity index (χ3n) is 6.35. The molecule has 3 atom stereocenters. The number of ether oxygens (including phenoxy) is 1. The molecule has 2 saturated heterocycles. The number of fused-ring (bicyclic) bond motifs is 1. The zero-order valence-electron chi connectivity index (χ0n) is 17.2. The van der Waals surface area contributed by atoms with Gasteiger partial charge in [-0.15, -0.1) is 0 Å². The average molecular weight is 408 g/mol. The van der Waals surface area contributed by atoms with Crippen LogP contribution in [0.15, 0.2) is 48.5 Å². The average Bonchev–Trinajstić information content (AvgIpc) is 3.17. The molecule has 2 aromatic rings. The number of nitrogens with zero attached hydrogens (tertiary/aromatic N) is 1. The second kappa shape index (κ2) is 8.88. The van der Waals surface area contributed by atoms with Gasteiger partial charge in [-0.1, -0.05) is 43.3 Å². The van der Waals surface area contributed by atoms with Crippen LogP contribution in [0, 0.1) is 5.92 Å². The molecule has 6 nitrogen and oxygen atoms in total. The van der Waals surface area contributed by atoms with Crippen molar-refractivity contribution < 1.29 is 19.4 Å². The van der Waals surface area contributed by atoms with E-state index in [9.17, 15) is 9.59 Å². The maximum Gasteiger partial charge on any atom is 0.341 e. The summed E-state index contributed by atoms with van der Waals surface area (Å²) in [5.41, 5.74) is 3.02. The molecule has 0 aliphatic carbocycles. The second-order valence-corrected chi connectivity index (χ2v) is 8.06. The minimum Gasteiger partial charge on any atom is -0.481 e. The van der Waals surface area contributed by atoms with Crippen molar-refractivity contribution in [2.24, 2.45) is 5.92 Å². The van der Waals surface area contributed by atoms with Crippen molar-refractivity contribution in [3.63, 3.8) is 0 Å². The van der Waals surface area contributed by atoms with E-state index in [1.165, 1.54) is 11.1 Å². The number of rotatable bonds is 6. The van der Waals surface area contributed by atoms with Gasteiger partial charge in [0.2, 0.25) is 0 Å². The van der Waals surface area contributed by atoms with Crippen molar-refractivity contribution in [3.8, 4) is 5.75 Å². The van der Waals surface area contributed by atoms with Crippen LogP contribution in [0.25, 0.3) is 0 Å². The molecule has 2 N–H and O–H groups in total. The lowest BCUT2D eigenvalue weighted by Gasteiger charge is -2.33. The third-order valence-corrected chi connectivity index (χ3v) is 6.35. The summed E-state index contributed by atoms with van der Waals surface area (Å²) < 4.78 is 5.39. The predicted octanol–water partition coefficient (Wildman–Crippen LogP) is 2.93. The fourth-order valence-electron chi connectivity index (χ4n) is 4.80. The number of hydrogen-bond acceptors (Lipinski definition) is 4. The van der Waals surface area contributed by atoms with Crippen LogP contribution in [0.5, 0.6) is 5.75 Å². The minimum atomic E-state index is -1.06. The highest BCUT2D eigenvalue weighted by Crippen LogP contribution is 2.41. The topological polar surface area (TPSA) is 78.9 Å². The van der Waals surface area contributed by atoms with Gasteiger partial charge < -0.3 is 20.1 Å². The molecule has 1 amide bonds. The fourth-order valence-corrected chi connectivity index (χ4v) is 4.80. The SMILES string of the molecule is CCc1ccc([C@H]2CN(C(=O)c3ccccc3OCC(=O)O)[C@@H]3CCNC[C@H]23)cc1. The first-order chi connectivity index (χ1) is 14.6. The molecule has 0 aromatic heterocycles. The van der Waals surface area contributed by atoms with Crippen molar-refractivity contribution in [2.45, 2.75) is 31.7 Å². The monoisotopic (exact) mass is 408 g/mol. The molecule has 158 valence electrons. The van der Waals surface area contributed by atoms with Gasteiger partial charge >= 0.3 is 5.97 Å². The summed E-state index contributed by atoms with van der Waals surface area (Å²) in [6.45, 7) is 4.13. The molecule has 30 heavy (non-hydrogen) atoms. The number of carbonyl (C=O) groups is 2. The van der Waals surface area contributed by atoms with Crippen LogP contribution in [-0.2, 0) is 11.2 Å². The summed E-state index contributed by atoms with van der Waals surface area (Å²) in [7, 11) is 0. The number of carboxylic acids is 1. The van der Waals surface area contributed by atoms with Gasteiger partial charge in [-0.2, -0.15) is 0 Å². The Balaban J connectivity index is 1.60. The van der Waals surface area contributed by atoms with Gasteiger partial charge in [0, 0.05) is 31.0 Å². The van der Waals surface area contributed by atoms with Gasteiger partial charge in [-0.3, -0.25) is 4.79 Å². The number of hydrogen-bond donors (Lipinski definition) is 2. The van der Waals surface area contributed by atoms with Crippen molar-refractivity contribution in [1.29, 1.82) is 0 Å². The molecule has 2 heterocycles. The Morgan fingerprint density at radius 3 is 2.67 bits per heavy atom. The molecule has 2 aliphatic rings. The number of piperidine rings is 1. The van der Waals surface area contributed by atoms with E-state index in [4.69, 9.17) is 9.84 Å². The number of amides is 1. The summed E-state index contributed by atoms with van der Waals surface area (Å²) in [4.78, 5) is 26.4. The number of likely N-dealkylation sites (tertiary alicyclic amines) is 1. The van der Waals surface area contributed by atoms with Crippen LogP contribution in [0.1, 0.15) is 40.7 Å². The number of benzene rings is 2. The summed E-state index contributed by atoms with van der Waals surface area (Å²) in [5, 5.41) is 12.4. The summed E-state index contributed by atoms with van der Waals surface area (Å²) in [6, 6.07) is 15.9. The molecule has 2 aromatic carbocycles. The molecule has 2 aliphatic heterocycles. The fraction of sp³-hybridized carbons (Fsp3) is 0.417. The summed E-state index contributed by atoms with van der Waals surface area (Å²) in [6.07, 6.45) is 1.92. The molecule has 4 rings (SSSR count). The molecule has 0 saturated carbocycles. The smallest absolute Gasteiger partial charge is 0.341 e. The van der Waals surface area contributed by atoms with Crippen LogP contribution in [-0.4, -0.2) is 54.2 Å². The van der Waals surface area contributed by atoms with E-state index in [0.29, 0.717) is 23.8 Å². The van der Waals surface area contributed by atoms with Crippen LogP contribution >= 0.6 is 0 Å². The van der Waals surface area contributed by atoms with Crippen molar-refractivity contribution in [3.05, 3.63) is 65.2 Å². The van der Waals surface area contributed by atoms with Gasteiger partial charge in [0.05, 0.1) is 5.56 Å². The normalized spacial score (nSPS) is 23.1. The predicted molar refractivity (Wildman–Crippen MR) is 114 cm³/mol. The highest BCUT2D eigenvalue weighted by atomic mass is 16.5. The lowest BCUT2D eigenvalue weighted by Crippen LogP contribution is -2.46. The first kappa shape index (κ1) is 20.4. The van der Waals surface area contributed by atoms with Gasteiger partial charge in [0.25, 0.3) is 5.91 Å². The molecule has 0 radical (unpaired) electrons. The summed E-state index contributed by atoms with van der Waals surface area (Å²) in [5.74, 6) is -0.175. The molecule has 0 spiro atoms. The van der Waals surface area contributed by atoms with Gasteiger partial charge in [-0.25, -0.2) is 4.79 Å². The van der Waals surface area contributed by atoms with Crippen molar-refractivity contribution in [2.75, 3.05) is 26.2 Å². The zero-order valence-corrected chi connectivity index (χ0v) is 17.2. The van der Waals surface area contributed by atoms with Crippen molar-refractivity contribution >= 4 is 11.9 Å². The number of carboxylic acid groups (broad SMARTS) is 1. The zero-order chi connectivity index (χ0) is 21.1. The van der Waals surface area contributed by atoms with E-state index in [1.54, 1.807) is 24.3 Å². The molecule has 6 heteroatoms. The maximum absolute atomic E-state index is 13.5. The first-order valence-electron chi connectivity index (χ1n) is 10.6. The molecule has 2 fully saturated rings. The standard InChI is InChI=1S/C24H28N2O4/c1-2-16-7-9-17(10-8-16)20-14-26(21-11-12-25-13-19(20)21)24(29)18-5-3-4-6-22(18)30-15-23(27)28/h3-10,19-21,25H,2,11-15H2,1H3,(H,27,28)/t19-,20-,21-/m1/s1. The lowest BCUT2D eigenvalue weighted by molar-refractivity contribution is -0.139. The first-order valence-corrected chi connectivity index (χ1v) is 10.6. The largest absolute Gasteiger partial charge is 0.481 e. The Kier molecular flexibility index (Phi) is 6.04. The number of para-hydroxylation sites is 1. The maximum atomic E-state index is 13.5. The highest BCUT2D eigenvalue weighted by molar-refractivity contribution is 5.97. The van der Waals surface area contributed by atoms with E-state index in [2.05, 4.69) is 36.5 Å².